The molecule has 0 saturated carbocycles. The monoisotopic (exact) mass is 734 g/mol. The number of benzene rings is 4. The van der Waals surface area contributed by atoms with Gasteiger partial charge in [-0.25, -0.2) is 0 Å². The fourth-order valence-electron chi connectivity index (χ4n) is 7.94. The Balaban J connectivity index is 0.00000450. The van der Waals surface area contributed by atoms with E-state index in [-0.39, 0.29) is 12.4 Å². The molecule has 4 aromatic carbocycles. The van der Waals surface area contributed by atoms with Crippen LogP contribution >= 0.6 is 12.4 Å². The van der Waals surface area contributed by atoms with Crippen LogP contribution in [0, 0.1) is 0 Å². The standard InChI is InChI=1S/C47H50N6.ClH/c1-32(2)44-46-40(38-20-11-13-22-42(38)52(46)30-34-16-7-5-8-17-34)26-36(50-44)28-48-24-15-25-49-29-37-27-41-39-21-12-14-23-43(39)53(31-35-18-9-6-10-19-35)47(41)45(51-37)33(3)4;/h5-14,16-23,26-27,32-33,48-49H,15,24-25,28-31H2,1-4H3;1H. The molecule has 0 amide bonds. The van der Waals surface area contributed by atoms with Gasteiger partial charge in [0, 0.05) is 58.8 Å². The number of aromatic nitrogens is 4. The van der Waals surface area contributed by atoms with Gasteiger partial charge in [0.25, 0.3) is 0 Å². The largest absolute Gasteiger partial charge is 0.334 e. The number of nitrogens with one attached hydrogen (secondary N) is 2. The molecule has 0 saturated heterocycles. The van der Waals surface area contributed by atoms with E-state index in [1.807, 2.05) is 0 Å². The summed E-state index contributed by atoms with van der Waals surface area (Å²) in [7, 11) is 0. The van der Waals surface area contributed by atoms with Gasteiger partial charge < -0.3 is 19.8 Å². The Bertz CT molecular complexity index is 2320. The summed E-state index contributed by atoms with van der Waals surface area (Å²) in [4.78, 5) is 10.5. The molecule has 0 unspecified atom stereocenters. The number of rotatable bonds is 14. The van der Waals surface area contributed by atoms with Crippen LogP contribution in [0.15, 0.2) is 121 Å². The van der Waals surface area contributed by atoms with Crippen LogP contribution in [0.5, 0.6) is 0 Å². The summed E-state index contributed by atoms with van der Waals surface area (Å²) in [5.41, 5.74) is 12.2. The van der Waals surface area contributed by atoms with Gasteiger partial charge in [-0.15, -0.1) is 12.4 Å². The van der Waals surface area contributed by atoms with E-state index in [1.165, 1.54) is 66.1 Å². The van der Waals surface area contributed by atoms with Gasteiger partial charge in [0.2, 0.25) is 0 Å². The highest BCUT2D eigenvalue weighted by Crippen LogP contribution is 2.36. The maximum atomic E-state index is 5.26. The van der Waals surface area contributed by atoms with Gasteiger partial charge in [0.05, 0.1) is 33.8 Å². The van der Waals surface area contributed by atoms with Crippen LogP contribution in [-0.4, -0.2) is 32.2 Å². The molecule has 4 aromatic heterocycles. The Kier molecular flexibility index (Phi) is 11.4. The number of pyridine rings is 2. The molecule has 0 aliphatic carbocycles. The van der Waals surface area contributed by atoms with Gasteiger partial charge >= 0.3 is 0 Å². The van der Waals surface area contributed by atoms with Crippen molar-refractivity contribution in [3.05, 3.63) is 155 Å². The molecule has 6 nitrogen and oxygen atoms in total. The molecule has 8 rings (SSSR count). The van der Waals surface area contributed by atoms with Crippen molar-refractivity contribution in [3.8, 4) is 0 Å². The molecule has 0 spiro atoms. The van der Waals surface area contributed by atoms with Gasteiger partial charge in [-0.05, 0) is 66.7 Å². The summed E-state index contributed by atoms with van der Waals surface area (Å²) >= 11 is 0. The molecule has 0 radical (unpaired) electrons. The van der Waals surface area contributed by atoms with E-state index in [2.05, 4.69) is 169 Å². The first-order valence-corrected chi connectivity index (χ1v) is 19.3. The highest BCUT2D eigenvalue weighted by Gasteiger charge is 2.20. The lowest BCUT2D eigenvalue weighted by Crippen LogP contribution is -2.22. The smallest absolute Gasteiger partial charge is 0.0716 e. The molecule has 0 atom stereocenters. The molecule has 0 aliphatic heterocycles. The average Bonchev–Trinajstić information content (AvgIpc) is 3.66. The van der Waals surface area contributed by atoms with Crippen LogP contribution in [0.25, 0.3) is 43.6 Å². The third-order valence-corrected chi connectivity index (χ3v) is 10.4. The van der Waals surface area contributed by atoms with Crippen molar-refractivity contribution in [3.63, 3.8) is 0 Å². The second-order valence-electron chi connectivity index (χ2n) is 15.0. The molecule has 7 heteroatoms. The van der Waals surface area contributed by atoms with Crippen LogP contribution in [0.3, 0.4) is 0 Å². The topological polar surface area (TPSA) is 59.7 Å². The Morgan fingerprint density at radius 1 is 0.500 bits per heavy atom. The predicted molar refractivity (Wildman–Crippen MR) is 229 cm³/mol. The van der Waals surface area contributed by atoms with E-state index in [9.17, 15) is 0 Å². The minimum atomic E-state index is 0. The Hall–Kier alpha value is -5.01. The molecular weight excluding hydrogens is 684 g/mol. The normalized spacial score (nSPS) is 11.8. The van der Waals surface area contributed by atoms with E-state index < -0.39 is 0 Å². The van der Waals surface area contributed by atoms with Gasteiger partial charge in [0.1, 0.15) is 0 Å². The molecular formula is C47H51ClN6. The van der Waals surface area contributed by atoms with E-state index in [0.717, 1.165) is 57.1 Å². The van der Waals surface area contributed by atoms with Gasteiger partial charge in [-0.3, -0.25) is 9.97 Å². The molecule has 276 valence electrons. The summed E-state index contributed by atoms with van der Waals surface area (Å²) < 4.78 is 4.93. The maximum Gasteiger partial charge on any atom is 0.0716 e. The van der Waals surface area contributed by atoms with Crippen LogP contribution < -0.4 is 10.6 Å². The van der Waals surface area contributed by atoms with Crippen molar-refractivity contribution in [2.45, 2.75) is 72.1 Å². The van der Waals surface area contributed by atoms with Crippen LogP contribution in [0.1, 0.15) is 79.9 Å². The van der Waals surface area contributed by atoms with Crippen molar-refractivity contribution in [1.29, 1.82) is 0 Å². The lowest BCUT2D eigenvalue weighted by molar-refractivity contribution is 0.585. The molecule has 8 aromatic rings. The van der Waals surface area contributed by atoms with Crippen LogP contribution in [0.4, 0.5) is 0 Å². The minimum Gasteiger partial charge on any atom is -0.334 e. The number of halogens is 1. The Morgan fingerprint density at radius 2 is 0.889 bits per heavy atom. The first-order chi connectivity index (χ1) is 26.0. The zero-order valence-corrected chi connectivity index (χ0v) is 32.7. The Labute approximate surface area is 325 Å². The fourth-order valence-corrected chi connectivity index (χ4v) is 7.94. The molecule has 0 bridgehead atoms. The van der Waals surface area contributed by atoms with E-state index >= 15 is 0 Å². The number of hydrogen-bond acceptors (Lipinski definition) is 4. The van der Waals surface area contributed by atoms with Crippen molar-refractivity contribution < 1.29 is 0 Å². The summed E-state index contributed by atoms with van der Waals surface area (Å²) in [6.45, 7) is 14.0. The molecule has 0 aliphatic rings. The van der Waals surface area contributed by atoms with Crippen molar-refractivity contribution >= 4 is 56.0 Å². The van der Waals surface area contributed by atoms with Crippen molar-refractivity contribution in [2.75, 3.05) is 13.1 Å². The quantitative estimate of drug-likeness (QED) is 0.109. The average molecular weight is 735 g/mol. The van der Waals surface area contributed by atoms with Crippen molar-refractivity contribution in [1.82, 2.24) is 29.7 Å². The third-order valence-electron chi connectivity index (χ3n) is 10.4. The third kappa shape index (κ3) is 7.52. The number of para-hydroxylation sites is 2. The number of hydrogen-bond donors (Lipinski definition) is 2. The summed E-state index contributed by atoms with van der Waals surface area (Å²) in [5.74, 6) is 0.620. The number of nitrogens with zero attached hydrogens (tertiary/aromatic N) is 4. The van der Waals surface area contributed by atoms with Gasteiger partial charge in [-0.1, -0.05) is 125 Å². The van der Waals surface area contributed by atoms with Crippen LogP contribution in [0.2, 0.25) is 0 Å². The maximum absolute atomic E-state index is 5.26. The lowest BCUT2D eigenvalue weighted by Gasteiger charge is -2.15. The van der Waals surface area contributed by atoms with Crippen molar-refractivity contribution in [2.24, 2.45) is 0 Å². The zero-order chi connectivity index (χ0) is 36.3. The minimum absolute atomic E-state index is 0. The highest BCUT2D eigenvalue weighted by atomic mass is 35.5. The summed E-state index contributed by atoms with van der Waals surface area (Å²) in [5, 5.41) is 12.6. The second-order valence-corrected chi connectivity index (χ2v) is 15.0. The number of fused-ring (bicyclic) bond motifs is 6. The summed E-state index contributed by atoms with van der Waals surface area (Å²) in [6, 6.07) is 43.7. The molecule has 4 heterocycles. The molecule has 2 N–H and O–H groups in total. The molecule has 54 heavy (non-hydrogen) atoms. The second kappa shape index (κ2) is 16.6. The van der Waals surface area contributed by atoms with Crippen LogP contribution in [-0.2, 0) is 26.2 Å². The lowest BCUT2D eigenvalue weighted by atomic mass is 10.0. The first-order valence-electron chi connectivity index (χ1n) is 19.3. The fraction of sp³-hybridized carbons (Fsp3) is 0.277. The Morgan fingerprint density at radius 3 is 1.30 bits per heavy atom. The summed E-state index contributed by atoms with van der Waals surface area (Å²) in [6.07, 6.45) is 1.02. The first kappa shape index (κ1) is 37.3. The predicted octanol–water partition coefficient (Wildman–Crippen LogP) is 10.7. The SMILES string of the molecule is CC(C)c1nc(CNCCCNCc2cc3c4ccccc4n(Cc4ccccc4)c3c(C(C)C)n2)cc2c3ccccc3n(Cc3ccccc3)c12.Cl. The highest BCUT2D eigenvalue weighted by molar-refractivity contribution is 6.10. The molecule has 0 fully saturated rings. The van der Waals surface area contributed by atoms with E-state index in [0.29, 0.717) is 11.8 Å². The zero-order valence-electron chi connectivity index (χ0n) is 31.8. The van der Waals surface area contributed by atoms with E-state index in [1.54, 1.807) is 0 Å². The van der Waals surface area contributed by atoms with Gasteiger partial charge in [-0.2, -0.15) is 0 Å². The van der Waals surface area contributed by atoms with Gasteiger partial charge in [0.15, 0.2) is 0 Å². The van der Waals surface area contributed by atoms with E-state index in [4.69, 9.17) is 9.97 Å².